The molecule has 0 unspecified atom stereocenters. The summed E-state index contributed by atoms with van der Waals surface area (Å²) in [6, 6.07) is 15.5. The molecule has 0 aliphatic heterocycles. The molecule has 0 spiro atoms. The summed E-state index contributed by atoms with van der Waals surface area (Å²) in [5, 5.41) is 11.6. The van der Waals surface area contributed by atoms with Gasteiger partial charge in [0.15, 0.2) is 37.9 Å². The molecule has 3 rings (SSSR count). The van der Waals surface area contributed by atoms with E-state index in [1.165, 1.54) is 17.3 Å². The van der Waals surface area contributed by atoms with Gasteiger partial charge in [0.2, 0.25) is 5.91 Å². The van der Waals surface area contributed by atoms with Gasteiger partial charge in [0, 0.05) is 41.0 Å². The first-order valence-corrected chi connectivity index (χ1v) is 8.18. The lowest BCUT2D eigenvalue weighted by Crippen LogP contribution is -2.37. The van der Waals surface area contributed by atoms with Gasteiger partial charge in [-0.05, 0) is 0 Å². The zero-order valence-electron chi connectivity index (χ0n) is 14.2. The number of carbonyl (C=O) groups is 1. The van der Waals surface area contributed by atoms with Crippen molar-refractivity contribution in [3.8, 4) is 0 Å². The molecule has 0 saturated heterocycles. The monoisotopic (exact) mass is 348 g/mol. The molecule has 0 bridgehead atoms. The van der Waals surface area contributed by atoms with Crippen molar-refractivity contribution in [2.75, 3.05) is 0 Å². The Kier molecular flexibility index (Phi) is 5.34. The second kappa shape index (κ2) is 8.02. The van der Waals surface area contributed by atoms with E-state index in [-0.39, 0.29) is 0 Å². The van der Waals surface area contributed by atoms with E-state index in [2.05, 4.69) is 21.9 Å². The number of nitrogens with zero attached hydrogens (tertiary/aromatic N) is 3. The molecule has 0 atom stereocenters. The number of amides is 1. The van der Waals surface area contributed by atoms with Gasteiger partial charge in [0.05, 0.1) is 11.8 Å². The van der Waals surface area contributed by atoms with Crippen LogP contribution in [0, 0.1) is 0 Å². The summed E-state index contributed by atoms with van der Waals surface area (Å²) in [5.74, 6) is -0.427. The highest BCUT2D eigenvalue weighted by atomic mass is 16.4. The number of carbonyl (C=O) groups excluding carboxylic acids is 1. The molecule has 0 radical (unpaired) electrons. The Hall–Kier alpha value is -3.54. The highest BCUT2D eigenvalue weighted by Crippen LogP contribution is 2.08. The number of primary amides is 1. The summed E-state index contributed by atoms with van der Waals surface area (Å²) in [6.45, 7) is 1.43. The van der Waals surface area contributed by atoms with Crippen LogP contribution in [0.3, 0.4) is 0 Å². The maximum atomic E-state index is 11.2. The first-order chi connectivity index (χ1) is 12.7. The SMILES string of the molecule is NC(=O)c1cc[n+](Cc2ccccc2C[n+]2ccc(/C=N/O)cc2)cc1. The third-order valence-corrected chi connectivity index (χ3v) is 4.12. The Bertz CT molecular complexity index is 919. The van der Waals surface area contributed by atoms with Gasteiger partial charge in [0.25, 0.3) is 0 Å². The minimum absolute atomic E-state index is 0.427. The molecule has 0 fully saturated rings. The van der Waals surface area contributed by atoms with Gasteiger partial charge < -0.3 is 10.9 Å². The molecule has 130 valence electrons. The standard InChI is InChI=1S/C20H18N4O2/c21-20(25)17-7-11-24(12-8-17)15-19-4-2-1-3-18(19)14-23-9-5-16(6-10-23)13-22-26/h1-13H,14-15H2,(H-,21,25)/p+2. The van der Waals surface area contributed by atoms with Crippen LogP contribution in [0.4, 0.5) is 0 Å². The highest BCUT2D eigenvalue weighted by molar-refractivity contribution is 5.92. The van der Waals surface area contributed by atoms with Crippen molar-refractivity contribution in [2.24, 2.45) is 10.9 Å². The van der Waals surface area contributed by atoms with Crippen LogP contribution in [-0.4, -0.2) is 17.3 Å². The third kappa shape index (κ3) is 4.30. The Balaban J connectivity index is 1.78. The van der Waals surface area contributed by atoms with E-state index in [1.54, 1.807) is 12.1 Å². The predicted molar refractivity (Wildman–Crippen MR) is 95.8 cm³/mol. The van der Waals surface area contributed by atoms with Gasteiger partial charge in [-0.15, -0.1) is 0 Å². The lowest BCUT2D eigenvalue weighted by molar-refractivity contribution is -0.693. The molecule has 1 amide bonds. The van der Waals surface area contributed by atoms with E-state index in [9.17, 15) is 4.79 Å². The first kappa shape index (κ1) is 17.3. The molecular weight excluding hydrogens is 328 g/mol. The minimum Gasteiger partial charge on any atom is -0.411 e. The zero-order valence-corrected chi connectivity index (χ0v) is 14.2. The Morgan fingerprint density at radius 2 is 1.42 bits per heavy atom. The van der Waals surface area contributed by atoms with Crippen molar-refractivity contribution >= 4 is 12.1 Å². The number of pyridine rings is 2. The fourth-order valence-electron chi connectivity index (χ4n) is 2.71. The molecular formula is C20H20N4O2+2. The molecule has 0 saturated carbocycles. The van der Waals surface area contributed by atoms with E-state index >= 15 is 0 Å². The summed E-state index contributed by atoms with van der Waals surface area (Å²) in [7, 11) is 0. The molecule has 3 N–H and O–H groups in total. The molecule has 2 aromatic heterocycles. The van der Waals surface area contributed by atoms with Crippen LogP contribution in [0.1, 0.15) is 27.0 Å². The summed E-state index contributed by atoms with van der Waals surface area (Å²) in [6.07, 6.45) is 9.00. The van der Waals surface area contributed by atoms with Crippen LogP contribution in [-0.2, 0) is 13.1 Å². The maximum absolute atomic E-state index is 11.2. The first-order valence-electron chi connectivity index (χ1n) is 8.18. The van der Waals surface area contributed by atoms with Crippen molar-refractivity contribution in [3.63, 3.8) is 0 Å². The average molecular weight is 348 g/mol. The molecule has 1 aromatic carbocycles. The van der Waals surface area contributed by atoms with E-state index in [0.29, 0.717) is 12.1 Å². The number of nitrogens with two attached hydrogens (primary N) is 1. The fraction of sp³-hybridized carbons (Fsp3) is 0.100. The summed E-state index contributed by atoms with van der Waals surface area (Å²) < 4.78 is 4.07. The largest absolute Gasteiger partial charge is 0.411 e. The van der Waals surface area contributed by atoms with Gasteiger partial charge >= 0.3 is 0 Å². The molecule has 6 nitrogen and oxygen atoms in total. The maximum Gasteiger partial charge on any atom is 0.249 e. The van der Waals surface area contributed by atoms with E-state index in [1.807, 2.05) is 53.6 Å². The molecule has 0 aliphatic carbocycles. The van der Waals surface area contributed by atoms with Crippen molar-refractivity contribution in [3.05, 3.63) is 95.6 Å². The molecule has 6 heteroatoms. The van der Waals surface area contributed by atoms with Gasteiger partial charge in [-0.25, -0.2) is 9.13 Å². The third-order valence-electron chi connectivity index (χ3n) is 4.12. The number of rotatable bonds is 6. The summed E-state index contributed by atoms with van der Waals surface area (Å²) in [4.78, 5) is 11.2. The fourth-order valence-corrected chi connectivity index (χ4v) is 2.71. The number of hydrogen-bond donors (Lipinski definition) is 2. The number of aromatic nitrogens is 2. The van der Waals surface area contributed by atoms with Gasteiger partial charge in [0.1, 0.15) is 0 Å². The minimum atomic E-state index is -0.427. The van der Waals surface area contributed by atoms with Gasteiger partial charge in [-0.3, -0.25) is 4.79 Å². The van der Waals surface area contributed by atoms with Crippen molar-refractivity contribution in [1.29, 1.82) is 0 Å². The van der Waals surface area contributed by atoms with Crippen LogP contribution in [0.15, 0.2) is 78.5 Å². The van der Waals surface area contributed by atoms with Crippen LogP contribution in [0.2, 0.25) is 0 Å². The summed E-state index contributed by atoms with van der Waals surface area (Å²) in [5.41, 5.74) is 9.01. The van der Waals surface area contributed by atoms with E-state index in [0.717, 1.165) is 12.1 Å². The molecule has 0 aliphatic rings. The topological polar surface area (TPSA) is 83.4 Å². The smallest absolute Gasteiger partial charge is 0.249 e. The van der Waals surface area contributed by atoms with E-state index < -0.39 is 5.91 Å². The Labute approximate surface area is 151 Å². The predicted octanol–water partition coefficient (Wildman–Crippen LogP) is 1.27. The summed E-state index contributed by atoms with van der Waals surface area (Å²) >= 11 is 0. The Morgan fingerprint density at radius 3 is 1.88 bits per heavy atom. The molecule has 3 aromatic rings. The second-order valence-electron chi connectivity index (χ2n) is 5.94. The van der Waals surface area contributed by atoms with E-state index in [4.69, 9.17) is 10.9 Å². The van der Waals surface area contributed by atoms with Crippen molar-refractivity contribution < 1.29 is 19.1 Å². The van der Waals surface area contributed by atoms with Crippen LogP contribution < -0.4 is 14.9 Å². The van der Waals surface area contributed by atoms with Gasteiger partial charge in [-0.1, -0.05) is 29.4 Å². The normalized spacial score (nSPS) is 10.9. The number of oxime groups is 1. The quantitative estimate of drug-likeness (QED) is 0.304. The van der Waals surface area contributed by atoms with Gasteiger partial charge in [-0.2, -0.15) is 0 Å². The zero-order chi connectivity index (χ0) is 18.4. The average Bonchev–Trinajstić information content (AvgIpc) is 2.65. The van der Waals surface area contributed by atoms with Crippen LogP contribution in [0.25, 0.3) is 0 Å². The van der Waals surface area contributed by atoms with Crippen LogP contribution >= 0.6 is 0 Å². The highest BCUT2D eigenvalue weighted by Gasteiger charge is 2.12. The van der Waals surface area contributed by atoms with Crippen molar-refractivity contribution in [2.45, 2.75) is 13.1 Å². The Morgan fingerprint density at radius 1 is 0.923 bits per heavy atom. The van der Waals surface area contributed by atoms with Crippen molar-refractivity contribution in [1.82, 2.24) is 0 Å². The lowest BCUT2D eigenvalue weighted by atomic mass is 10.1. The number of benzene rings is 1. The lowest BCUT2D eigenvalue weighted by Gasteiger charge is -2.05. The molecule has 26 heavy (non-hydrogen) atoms. The number of hydrogen-bond acceptors (Lipinski definition) is 3. The van der Waals surface area contributed by atoms with Crippen LogP contribution in [0.5, 0.6) is 0 Å². The molecule has 2 heterocycles. The second-order valence-corrected chi connectivity index (χ2v) is 5.94.